The Labute approximate surface area is 208 Å². The van der Waals surface area contributed by atoms with Gasteiger partial charge in [0.2, 0.25) is 5.91 Å². The van der Waals surface area contributed by atoms with Crippen LogP contribution in [-0.4, -0.2) is 50.4 Å². The minimum absolute atomic E-state index is 0.0361. The zero-order valence-electron chi connectivity index (χ0n) is 21.2. The largest absolute Gasteiger partial charge is 0.381 e. The van der Waals surface area contributed by atoms with E-state index in [4.69, 9.17) is 9.47 Å². The quantitative estimate of drug-likeness (QED) is 0.653. The number of nitrogens with zero attached hydrogens (tertiary/aromatic N) is 3. The van der Waals surface area contributed by atoms with Gasteiger partial charge in [-0.05, 0) is 61.8 Å². The van der Waals surface area contributed by atoms with Gasteiger partial charge in [-0.1, -0.05) is 19.9 Å². The maximum Gasteiger partial charge on any atom is 0.230 e. The molecule has 1 atom stereocenters. The van der Waals surface area contributed by atoms with Crippen LogP contribution in [0.2, 0.25) is 0 Å². The van der Waals surface area contributed by atoms with Gasteiger partial charge in [-0.2, -0.15) is 0 Å². The lowest BCUT2D eigenvalue weighted by molar-refractivity contribution is -0.124. The lowest BCUT2D eigenvalue weighted by Crippen LogP contribution is -2.40. The van der Waals surface area contributed by atoms with Crippen molar-refractivity contribution in [1.82, 2.24) is 4.98 Å². The van der Waals surface area contributed by atoms with Gasteiger partial charge < -0.3 is 24.6 Å². The summed E-state index contributed by atoms with van der Waals surface area (Å²) in [5.74, 6) is 2.10. The van der Waals surface area contributed by atoms with E-state index in [1.54, 1.807) is 6.20 Å². The summed E-state index contributed by atoms with van der Waals surface area (Å²) in [5, 5.41) is 3.50. The van der Waals surface area contributed by atoms with Crippen LogP contribution in [0.25, 0.3) is 0 Å². The molecule has 0 bridgehead atoms. The number of carbonyl (C=O) groups is 1. The molecule has 3 heterocycles. The molecule has 1 saturated carbocycles. The fourth-order valence-electron chi connectivity index (χ4n) is 6.05. The van der Waals surface area contributed by atoms with Gasteiger partial charge in [0.15, 0.2) is 0 Å². The SMILES string of the molecule is COC(C(C)C)C1CCC(C(=O)N2Cc3cccnc3Nc3ccc(N4CCOCC4)cc32)CC1. The predicted octanol–water partition coefficient (Wildman–Crippen LogP) is 4.99. The van der Waals surface area contributed by atoms with E-state index in [0.29, 0.717) is 18.4 Å². The number of amides is 1. The van der Waals surface area contributed by atoms with Crippen LogP contribution in [0.15, 0.2) is 36.5 Å². The number of anilines is 4. The number of nitrogens with one attached hydrogen (secondary N) is 1. The smallest absolute Gasteiger partial charge is 0.230 e. The summed E-state index contributed by atoms with van der Waals surface area (Å²) >= 11 is 0. The number of methoxy groups -OCH3 is 1. The van der Waals surface area contributed by atoms with Crippen molar-refractivity contribution < 1.29 is 14.3 Å². The summed E-state index contributed by atoms with van der Waals surface area (Å²) in [6, 6.07) is 10.4. The molecule has 7 heteroatoms. The Balaban J connectivity index is 1.42. The van der Waals surface area contributed by atoms with E-state index in [9.17, 15) is 4.79 Å². The van der Waals surface area contributed by atoms with Crippen LogP contribution in [0.5, 0.6) is 0 Å². The molecule has 1 amide bonds. The minimum atomic E-state index is 0.0361. The molecule has 2 aromatic rings. The van der Waals surface area contributed by atoms with Gasteiger partial charge in [-0.3, -0.25) is 4.79 Å². The molecule has 3 aliphatic rings. The van der Waals surface area contributed by atoms with Gasteiger partial charge in [-0.25, -0.2) is 4.98 Å². The lowest BCUT2D eigenvalue weighted by Gasteiger charge is -2.36. The summed E-state index contributed by atoms with van der Waals surface area (Å²) in [4.78, 5) is 23.0. The van der Waals surface area contributed by atoms with Crippen LogP contribution in [0.1, 0.15) is 45.1 Å². The Kier molecular flexibility index (Phi) is 7.25. The Bertz CT molecular complexity index is 1030. The standard InChI is InChI=1S/C28H38N4O3/c1-19(2)26(34-3)20-6-8-21(9-7-20)28(33)32-18-22-5-4-12-29-27(22)30-24-11-10-23(17-25(24)32)31-13-15-35-16-14-31/h4-5,10-12,17,19-21,26H,6-9,13-16,18H2,1-3H3,(H,29,30). The highest BCUT2D eigenvalue weighted by molar-refractivity contribution is 6.00. The second kappa shape index (κ2) is 10.5. The van der Waals surface area contributed by atoms with Gasteiger partial charge in [0, 0.05) is 43.6 Å². The van der Waals surface area contributed by atoms with Crippen molar-refractivity contribution in [2.75, 3.05) is 48.5 Å². The molecule has 5 rings (SSSR count). The summed E-state index contributed by atoms with van der Waals surface area (Å²) in [5.41, 5.74) is 4.05. The molecule has 1 aliphatic carbocycles. The van der Waals surface area contributed by atoms with Gasteiger partial charge in [0.1, 0.15) is 5.82 Å². The van der Waals surface area contributed by atoms with E-state index in [-0.39, 0.29) is 17.9 Å². The molecule has 1 aromatic carbocycles. The van der Waals surface area contributed by atoms with Crippen molar-refractivity contribution in [3.8, 4) is 0 Å². The number of benzene rings is 1. The van der Waals surface area contributed by atoms with Gasteiger partial charge in [0.25, 0.3) is 0 Å². The Morgan fingerprint density at radius 3 is 2.63 bits per heavy atom. The third-order valence-electron chi connectivity index (χ3n) is 7.90. The van der Waals surface area contributed by atoms with Crippen molar-refractivity contribution in [3.05, 3.63) is 42.1 Å². The van der Waals surface area contributed by atoms with Crippen molar-refractivity contribution in [2.45, 2.75) is 52.2 Å². The summed E-state index contributed by atoms with van der Waals surface area (Å²) in [7, 11) is 1.82. The number of fused-ring (bicyclic) bond motifs is 2. The molecule has 7 nitrogen and oxygen atoms in total. The molecule has 0 spiro atoms. The van der Waals surface area contributed by atoms with E-state index in [1.807, 2.05) is 18.1 Å². The first-order valence-corrected chi connectivity index (χ1v) is 13.1. The molecule has 2 fully saturated rings. The zero-order chi connectivity index (χ0) is 24.4. The first-order chi connectivity index (χ1) is 17.0. The number of aromatic nitrogens is 1. The van der Waals surface area contributed by atoms with E-state index in [2.05, 4.69) is 53.3 Å². The number of hydrogen-bond acceptors (Lipinski definition) is 6. The third kappa shape index (κ3) is 5.02. The fourth-order valence-corrected chi connectivity index (χ4v) is 6.05. The topological polar surface area (TPSA) is 66.9 Å². The van der Waals surface area contributed by atoms with Crippen LogP contribution < -0.4 is 15.1 Å². The molecule has 1 aromatic heterocycles. The van der Waals surface area contributed by atoms with Crippen molar-refractivity contribution in [2.24, 2.45) is 17.8 Å². The summed E-state index contributed by atoms with van der Waals surface area (Å²) in [6.45, 7) is 8.17. The Morgan fingerprint density at radius 1 is 1.14 bits per heavy atom. The molecule has 0 radical (unpaired) electrons. The molecule has 1 N–H and O–H groups in total. The minimum Gasteiger partial charge on any atom is -0.381 e. The highest BCUT2D eigenvalue weighted by Gasteiger charge is 2.36. The number of pyridine rings is 1. The first kappa shape index (κ1) is 24.1. The molecule has 188 valence electrons. The highest BCUT2D eigenvalue weighted by atomic mass is 16.5. The van der Waals surface area contributed by atoms with Crippen LogP contribution >= 0.6 is 0 Å². The maximum absolute atomic E-state index is 14.1. The summed E-state index contributed by atoms with van der Waals surface area (Å²) in [6.07, 6.45) is 5.98. The van der Waals surface area contributed by atoms with Crippen LogP contribution in [0, 0.1) is 17.8 Å². The van der Waals surface area contributed by atoms with Crippen LogP contribution in [0.4, 0.5) is 22.9 Å². The van der Waals surface area contributed by atoms with Crippen molar-refractivity contribution in [1.29, 1.82) is 0 Å². The molecule has 1 unspecified atom stereocenters. The van der Waals surface area contributed by atoms with Crippen LogP contribution in [0.3, 0.4) is 0 Å². The second-order valence-electron chi connectivity index (χ2n) is 10.4. The van der Waals surface area contributed by atoms with E-state index < -0.39 is 0 Å². The number of carbonyl (C=O) groups excluding carboxylic acids is 1. The lowest BCUT2D eigenvalue weighted by atomic mass is 9.76. The molecule has 1 saturated heterocycles. The number of ether oxygens (including phenoxy) is 2. The summed E-state index contributed by atoms with van der Waals surface area (Å²) < 4.78 is 11.4. The Morgan fingerprint density at radius 2 is 1.91 bits per heavy atom. The normalized spacial score (nSPS) is 23.2. The average Bonchev–Trinajstić information content (AvgIpc) is 3.06. The number of hydrogen-bond donors (Lipinski definition) is 1. The monoisotopic (exact) mass is 478 g/mol. The zero-order valence-corrected chi connectivity index (χ0v) is 21.2. The maximum atomic E-state index is 14.1. The highest BCUT2D eigenvalue weighted by Crippen LogP contribution is 2.41. The van der Waals surface area contributed by atoms with E-state index >= 15 is 0 Å². The Hall–Kier alpha value is -2.64. The van der Waals surface area contributed by atoms with Gasteiger partial charge >= 0.3 is 0 Å². The van der Waals surface area contributed by atoms with Gasteiger partial charge in [0.05, 0.1) is 37.2 Å². The first-order valence-electron chi connectivity index (χ1n) is 13.1. The molecule has 2 aliphatic heterocycles. The van der Waals surface area contributed by atoms with E-state index in [0.717, 1.165) is 80.4 Å². The van der Waals surface area contributed by atoms with E-state index in [1.165, 1.54) is 0 Å². The molecular formula is C28H38N4O3. The van der Waals surface area contributed by atoms with Crippen LogP contribution in [-0.2, 0) is 20.8 Å². The molecular weight excluding hydrogens is 440 g/mol. The van der Waals surface area contributed by atoms with Crippen molar-refractivity contribution >= 4 is 28.8 Å². The van der Waals surface area contributed by atoms with Gasteiger partial charge in [-0.15, -0.1) is 0 Å². The number of rotatable bonds is 5. The predicted molar refractivity (Wildman–Crippen MR) is 139 cm³/mol. The van der Waals surface area contributed by atoms with Crippen molar-refractivity contribution in [3.63, 3.8) is 0 Å². The molecule has 35 heavy (non-hydrogen) atoms. The third-order valence-corrected chi connectivity index (χ3v) is 7.90. The fraction of sp³-hybridized carbons (Fsp3) is 0.571. The average molecular weight is 479 g/mol. The second-order valence-corrected chi connectivity index (χ2v) is 10.4. The number of morpholine rings is 1.